The molecule has 2 fully saturated rings. The Bertz CT molecular complexity index is 537. The van der Waals surface area contributed by atoms with E-state index in [2.05, 4.69) is 60.4 Å². The normalized spacial score (nSPS) is 23.3. The van der Waals surface area contributed by atoms with E-state index >= 15 is 0 Å². The lowest BCUT2D eigenvalue weighted by Gasteiger charge is -2.26. The van der Waals surface area contributed by atoms with E-state index in [1.165, 1.54) is 11.1 Å². The maximum atomic E-state index is 12.7. The van der Waals surface area contributed by atoms with Crippen LogP contribution in [0.25, 0.3) is 0 Å². The van der Waals surface area contributed by atoms with Crippen molar-refractivity contribution >= 4 is 5.91 Å². The molecule has 1 aromatic carbocycles. The maximum absolute atomic E-state index is 12.7. The summed E-state index contributed by atoms with van der Waals surface area (Å²) >= 11 is 0. The van der Waals surface area contributed by atoms with Gasteiger partial charge in [0.2, 0.25) is 5.91 Å². The molecule has 0 radical (unpaired) electrons. The summed E-state index contributed by atoms with van der Waals surface area (Å²) in [4.78, 5) is 16.9. The van der Waals surface area contributed by atoms with Gasteiger partial charge in [-0.2, -0.15) is 0 Å². The Hall–Kier alpha value is -1.39. The summed E-state index contributed by atoms with van der Waals surface area (Å²) in [7, 11) is 4.15. The van der Waals surface area contributed by atoms with E-state index in [-0.39, 0.29) is 11.7 Å². The van der Waals surface area contributed by atoms with E-state index in [1.54, 1.807) is 0 Å². The minimum atomic E-state index is -0.245. The average molecular weight is 287 g/mol. The van der Waals surface area contributed by atoms with Crippen LogP contribution in [0.3, 0.4) is 0 Å². The van der Waals surface area contributed by atoms with Crippen LogP contribution in [0, 0.1) is 6.92 Å². The van der Waals surface area contributed by atoms with Gasteiger partial charge in [0.15, 0.2) is 0 Å². The highest BCUT2D eigenvalue weighted by Gasteiger charge is 2.59. The van der Waals surface area contributed by atoms with Crippen LogP contribution in [-0.2, 0) is 4.79 Å². The molecule has 4 nitrogen and oxygen atoms in total. The van der Waals surface area contributed by atoms with Crippen molar-refractivity contribution in [1.29, 1.82) is 0 Å². The summed E-state index contributed by atoms with van der Waals surface area (Å²) < 4.78 is 0. The van der Waals surface area contributed by atoms with Gasteiger partial charge in [0.25, 0.3) is 0 Å². The Kier molecular flexibility index (Phi) is 3.76. The number of hydrogen-bond donors (Lipinski definition) is 1. The standard InChI is InChI=1S/C17H25N3O/c1-13-7-4-5-8-14(13)15-18-17(9-10-17)16(21)20(15)12-6-11-19(2)3/h4-5,7-8,15,18H,6,9-12H2,1-3H3. The summed E-state index contributed by atoms with van der Waals surface area (Å²) in [6.45, 7) is 3.96. The fourth-order valence-corrected chi connectivity index (χ4v) is 3.20. The van der Waals surface area contributed by atoms with Crippen LogP contribution in [0.5, 0.6) is 0 Å². The van der Waals surface area contributed by atoms with Gasteiger partial charge in [-0.25, -0.2) is 0 Å². The summed E-state index contributed by atoms with van der Waals surface area (Å²) in [5.41, 5.74) is 2.24. The van der Waals surface area contributed by atoms with Crippen LogP contribution >= 0.6 is 0 Å². The Morgan fingerprint density at radius 1 is 1.33 bits per heavy atom. The predicted molar refractivity (Wildman–Crippen MR) is 83.9 cm³/mol. The molecular formula is C17H25N3O. The van der Waals surface area contributed by atoms with Crippen molar-refractivity contribution in [1.82, 2.24) is 15.1 Å². The molecule has 1 spiro atoms. The van der Waals surface area contributed by atoms with Crippen molar-refractivity contribution in [2.45, 2.75) is 37.9 Å². The number of rotatable bonds is 5. The number of carbonyl (C=O) groups is 1. The largest absolute Gasteiger partial charge is 0.321 e. The number of amides is 1. The van der Waals surface area contributed by atoms with E-state index in [1.807, 2.05) is 0 Å². The Morgan fingerprint density at radius 2 is 2.05 bits per heavy atom. The second kappa shape index (κ2) is 5.43. The summed E-state index contributed by atoms with van der Waals surface area (Å²) in [5, 5.41) is 3.60. The van der Waals surface area contributed by atoms with Gasteiger partial charge in [-0.1, -0.05) is 24.3 Å². The lowest BCUT2D eigenvalue weighted by atomic mass is 10.1. The molecule has 1 heterocycles. The van der Waals surface area contributed by atoms with Gasteiger partial charge in [-0.05, 0) is 58.0 Å². The monoisotopic (exact) mass is 287 g/mol. The number of nitrogens with one attached hydrogen (secondary N) is 1. The smallest absolute Gasteiger partial charge is 0.244 e. The Labute approximate surface area is 127 Å². The highest BCUT2D eigenvalue weighted by atomic mass is 16.2. The van der Waals surface area contributed by atoms with E-state index < -0.39 is 0 Å². The van der Waals surface area contributed by atoms with Crippen molar-refractivity contribution in [3.63, 3.8) is 0 Å². The lowest BCUT2D eigenvalue weighted by molar-refractivity contribution is -0.130. The Balaban J connectivity index is 1.80. The van der Waals surface area contributed by atoms with Crippen molar-refractivity contribution in [2.75, 3.05) is 27.2 Å². The van der Waals surface area contributed by atoms with E-state index in [9.17, 15) is 4.79 Å². The molecule has 1 N–H and O–H groups in total. The second-order valence-corrected chi connectivity index (χ2v) is 6.64. The average Bonchev–Trinajstić information content (AvgIpc) is 3.17. The van der Waals surface area contributed by atoms with Gasteiger partial charge in [0.05, 0.1) is 0 Å². The highest BCUT2D eigenvalue weighted by Crippen LogP contribution is 2.46. The molecule has 4 heteroatoms. The molecule has 2 aliphatic rings. The third kappa shape index (κ3) is 2.70. The predicted octanol–water partition coefficient (Wildman–Crippen LogP) is 1.91. The van der Waals surface area contributed by atoms with Crippen LogP contribution in [0.15, 0.2) is 24.3 Å². The minimum Gasteiger partial charge on any atom is -0.321 e. The highest BCUT2D eigenvalue weighted by molar-refractivity contribution is 5.92. The zero-order chi connectivity index (χ0) is 15.0. The summed E-state index contributed by atoms with van der Waals surface area (Å²) in [6, 6.07) is 8.38. The molecule has 0 bridgehead atoms. The van der Waals surface area contributed by atoms with Gasteiger partial charge in [-0.15, -0.1) is 0 Å². The number of aryl methyl sites for hydroxylation is 1. The van der Waals surface area contributed by atoms with E-state index in [0.717, 1.165) is 32.4 Å². The van der Waals surface area contributed by atoms with Crippen molar-refractivity contribution < 1.29 is 4.79 Å². The molecule has 1 unspecified atom stereocenters. The first kappa shape index (κ1) is 14.5. The van der Waals surface area contributed by atoms with Crippen LogP contribution in [0.1, 0.15) is 36.6 Å². The van der Waals surface area contributed by atoms with Crippen LogP contribution < -0.4 is 5.32 Å². The lowest BCUT2D eigenvalue weighted by Crippen LogP contribution is -2.34. The van der Waals surface area contributed by atoms with E-state index in [0.29, 0.717) is 5.91 Å². The van der Waals surface area contributed by atoms with E-state index in [4.69, 9.17) is 0 Å². The summed E-state index contributed by atoms with van der Waals surface area (Å²) in [5.74, 6) is 0.300. The minimum absolute atomic E-state index is 0.0448. The van der Waals surface area contributed by atoms with Gasteiger partial charge >= 0.3 is 0 Å². The number of benzene rings is 1. The van der Waals surface area contributed by atoms with Crippen LogP contribution in [-0.4, -0.2) is 48.4 Å². The van der Waals surface area contributed by atoms with Crippen LogP contribution in [0.4, 0.5) is 0 Å². The first-order chi connectivity index (χ1) is 10.0. The zero-order valence-electron chi connectivity index (χ0n) is 13.2. The fraction of sp³-hybridized carbons (Fsp3) is 0.588. The third-order valence-electron chi connectivity index (χ3n) is 4.63. The molecule has 21 heavy (non-hydrogen) atoms. The zero-order valence-corrected chi connectivity index (χ0v) is 13.2. The number of carbonyl (C=O) groups excluding carboxylic acids is 1. The fourth-order valence-electron chi connectivity index (χ4n) is 3.20. The maximum Gasteiger partial charge on any atom is 0.244 e. The van der Waals surface area contributed by atoms with Crippen molar-refractivity contribution in [3.8, 4) is 0 Å². The van der Waals surface area contributed by atoms with Crippen LogP contribution in [0.2, 0.25) is 0 Å². The topological polar surface area (TPSA) is 35.6 Å². The van der Waals surface area contributed by atoms with Gasteiger partial charge in [-0.3, -0.25) is 10.1 Å². The molecule has 3 rings (SSSR count). The van der Waals surface area contributed by atoms with Gasteiger partial charge in [0, 0.05) is 6.54 Å². The molecule has 1 aliphatic heterocycles. The molecule has 1 atom stereocenters. The van der Waals surface area contributed by atoms with Crippen molar-refractivity contribution in [3.05, 3.63) is 35.4 Å². The van der Waals surface area contributed by atoms with Gasteiger partial charge < -0.3 is 9.80 Å². The number of nitrogens with zero attached hydrogens (tertiary/aromatic N) is 2. The molecule has 1 saturated heterocycles. The Morgan fingerprint density at radius 3 is 2.67 bits per heavy atom. The van der Waals surface area contributed by atoms with Gasteiger partial charge in [0.1, 0.15) is 11.7 Å². The second-order valence-electron chi connectivity index (χ2n) is 6.64. The molecule has 1 aromatic rings. The molecule has 1 aliphatic carbocycles. The SMILES string of the molecule is Cc1ccccc1C1NC2(CC2)C(=O)N1CCCN(C)C. The summed E-state index contributed by atoms with van der Waals surface area (Å²) in [6.07, 6.45) is 3.03. The molecule has 114 valence electrons. The first-order valence-electron chi connectivity index (χ1n) is 7.82. The molecular weight excluding hydrogens is 262 g/mol. The molecule has 0 aromatic heterocycles. The quantitative estimate of drug-likeness (QED) is 0.898. The molecule has 1 amide bonds. The molecule has 1 saturated carbocycles. The third-order valence-corrected chi connectivity index (χ3v) is 4.63. The first-order valence-corrected chi connectivity index (χ1v) is 7.82. The number of hydrogen-bond acceptors (Lipinski definition) is 3. The van der Waals surface area contributed by atoms with Crippen molar-refractivity contribution in [2.24, 2.45) is 0 Å².